The minimum atomic E-state index is -3.63. The van der Waals surface area contributed by atoms with Gasteiger partial charge in [-0.25, -0.2) is 8.42 Å². The molecular weight excluding hydrogens is 272 g/mol. The molecule has 0 amide bonds. The Morgan fingerprint density at radius 2 is 1.65 bits per heavy atom. The number of nitrogens with two attached hydrogens (primary N) is 1. The van der Waals surface area contributed by atoms with Crippen LogP contribution in [0.5, 0.6) is 0 Å². The number of hydrogen-bond donors (Lipinski definition) is 2. The van der Waals surface area contributed by atoms with E-state index in [2.05, 4.69) is 4.98 Å². The van der Waals surface area contributed by atoms with Crippen LogP contribution in [0, 0.1) is 6.92 Å². The van der Waals surface area contributed by atoms with Crippen molar-refractivity contribution in [2.75, 3.05) is 5.73 Å². The van der Waals surface area contributed by atoms with Crippen LogP contribution in [0.25, 0.3) is 10.9 Å². The first-order valence-electron chi connectivity index (χ1n) is 6.18. The number of nitrogen functional groups attached to an aromatic ring is 1. The van der Waals surface area contributed by atoms with Crippen molar-refractivity contribution in [3.63, 3.8) is 0 Å². The number of hydrogen-bond acceptors (Lipinski definition) is 3. The van der Waals surface area contributed by atoms with E-state index in [9.17, 15) is 8.42 Å². The molecule has 1 aromatic heterocycles. The third-order valence-electron chi connectivity index (χ3n) is 3.29. The summed E-state index contributed by atoms with van der Waals surface area (Å²) < 4.78 is 25.5. The molecule has 0 unspecified atom stereocenters. The third-order valence-corrected chi connectivity index (χ3v) is 5.16. The van der Waals surface area contributed by atoms with E-state index in [-0.39, 0.29) is 15.6 Å². The topological polar surface area (TPSA) is 75.9 Å². The summed E-state index contributed by atoms with van der Waals surface area (Å²) in [5, 5.41) is 0.616. The molecule has 0 saturated carbocycles. The second kappa shape index (κ2) is 4.38. The molecule has 0 atom stereocenters. The second-order valence-corrected chi connectivity index (χ2v) is 6.62. The van der Waals surface area contributed by atoms with Gasteiger partial charge in [0.05, 0.1) is 4.90 Å². The summed E-state index contributed by atoms with van der Waals surface area (Å²) in [6, 6.07) is 13.9. The number of para-hydroxylation sites is 1. The molecular formula is C15H14N2O2S. The highest BCUT2D eigenvalue weighted by Crippen LogP contribution is 2.33. The Balaban J connectivity index is 2.29. The molecule has 0 fully saturated rings. The van der Waals surface area contributed by atoms with Gasteiger partial charge in [0.1, 0.15) is 10.7 Å². The molecule has 3 aromatic rings. The van der Waals surface area contributed by atoms with Gasteiger partial charge in [0, 0.05) is 10.9 Å². The van der Waals surface area contributed by atoms with E-state index < -0.39 is 9.84 Å². The van der Waals surface area contributed by atoms with Gasteiger partial charge in [0.25, 0.3) is 0 Å². The normalized spacial score (nSPS) is 11.8. The number of sulfone groups is 1. The first-order valence-corrected chi connectivity index (χ1v) is 7.66. The van der Waals surface area contributed by atoms with E-state index in [1.807, 2.05) is 13.0 Å². The first kappa shape index (κ1) is 12.7. The van der Waals surface area contributed by atoms with Crippen LogP contribution in [0.2, 0.25) is 0 Å². The zero-order valence-corrected chi connectivity index (χ0v) is 11.7. The molecule has 3 rings (SSSR count). The molecule has 102 valence electrons. The maximum absolute atomic E-state index is 12.7. The van der Waals surface area contributed by atoms with Crippen LogP contribution >= 0.6 is 0 Å². The SMILES string of the molecule is Cc1ccc(S(=O)(=O)c2c(N)[nH]c3ccccc23)cc1. The Morgan fingerprint density at radius 3 is 2.35 bits per heavy atom. The molecule has 0 aliphatic rings. The molecule has 0 spiro atoms. The highest BCUT2D eigenvalue weighted by Gasteiger charge is 2.24. The van der Waals surface area contributed by atoms with Crippen LogP contribution in [0.15, 0.2) is 58.3 Å². The van der Waals surface area contributed by atoms with Crippen LogP contribution in [0.4, 0.5) is 5.82 Å². The van der Waals surface area contributed by atoms with E-state index in [1.54, 1.807) is 42.5 Å². The summed E-state index contributed by atoms with van der Waals surface area (Å²) in [5.41, 5.74) is 7.60. The number of benzene rings is 2. The van der Waals surface area contributed by atoms with Crippen molar-refractivity contribution in [1.29, 1.82) is 0 Å². The number of nitrogens with one attached hydrogen (secondary N) is 1. The van der Waals surface area contributed by atoms with Crippen molar-refractivity contribution < 1.29 is 8.42 Å². The van der Waals surface area contributed by atoms with Crippen molar-refractivity contribution in [2.45, 2.75) is 16.7 Å². The van der Waals surface area contributed by atoms with Crippen LogP contribution in [-0.4, -0.2) is 13.4 Å². The Hall–Kier alpha value is -2.27. The monoisotopic (exact) mass is 286 g/mol. The summed E-state index contributed by atoms with van der Waals surface area (Å²) in [5.74, 6) is 0.173. The molecule has 5 heteroatoms. The molecule has 0 aliphatic heterocycles. The van der Waals surface area contributed by atoms with Gasteiger partial charge in [0.15, 0.2) is 0 Å². The van der Waals surface area contributed by atoms with Crippen molar-refractivity contribution in [3.05, 3.63) is 54.1 Å². The summed E-state index contributed by atoms with van der Waals surface area (Å²) in [6.45, 7) is 1.91. The van der Waals surface area contributed by atoms with Gasteiger partial charge in [-0.1, -0.05) is 35.9 Å². The van der Waals surface area contributed by atoms with Gasteiger partial charge < -0.3 is 10.7 Å². The summed E-state index contributed by atoms with van der Waals surface area (Å²) in [7, 11) is -3.63. The number of aryl methyl sites for hydroxylation is 1. The van der Waals surface area contributed by atoms with E-state index in [0.717, 1.165) is 11.1 Å². The lowest BCUT2D eigenvalue weighted by Crippen LogP contribution is -2.04. The minimum Gasteiger partial charge on any atom is -0.384 e. The number of rotatable bonds is 2. The molecule has 0 radical (unpaired) electrons. The van der Waals surface area contributed by atoms with E-state index in [4.69, 9.17) is 5.73 Å². The van der Waals surface area contributed by atoms with Gasteiger partial charge >= 0.3 is 0 Å². The molecule has 20 heavy (non-hydrogen) atoms. The lowest BCUT2D eigenvalue weighted by Gasteiger charge is -2.05. The molecule has 1 heterocycles. The first-order chi connectivity index (χ1) is 9.50. The smallest absolute Gasteiger partial charge is 0.210 e. The lowest BCUT2D eigenvalue weighted by atomic mass is 10.2. The maximum Gasteiger partial charge on any atom is 0.210 e. The highest BCUT2D eigenvalue weighted by atomic mass is 32.2. The van der Waals surface area contributed by atoms with Gasteiger partial charge in [-0.05, 0) is 25.1 Å². The highest BCUT2D eigenvalue weighted by molar-refractivity contribution is 7.92. The number of H-pyrrole nitrogens is 1. The minimum absolute atomic E-state index is 0.150. The number of anilines is 1. The van der Waals surface area contributed by atoms with Crippen LogP contribution < -0.4 is 5.73 Å². The average molecular weight is 286 g/mol. The number of aromatic amines is 1. The zero-order valence-electron chi connectivity index (χ0n) is 10.9. The van der Waals surface area contributed by atoms with E-state index in [0.29, 0.717) is 5.39 Å². The molecule has 0 bridgehead atoms. The van der Waals surface area contributed by atoms with E-state index >= 15 is 0 Å². The maximum atomic E-state index is 12.7. The van der Waals surface area contributed by atoms with E-state index in [1.165, 1.54) is 0 Å². The molecule has 4 nitrogen and oxygen atoms in total. The molecule has 2 aromatic carbocycles. The Bertz CT molecular complexity index is 878. The fraction of sp³-hybridized carbons (Fsp3) is 0.0667. The predicted octanol–water partition coefficient (Wildman–Crippen LogP) is 2.89. The number of aromatic nitrogens is 1. The summed E-state index contributed by atoms with van der Waals surface area (Å²) in [6.07, 6.45) is 0. The van der Waals surface area contributed by atoms with Crippen LogP contribution in [-0.2, 0) is 9.84 Å². The summed E-state index contributed by atoms with van der Waals surface area (Å²) >= 11 is 0. The van der Waals surface area contributed by atoms with Crippen molar-refractivity contribution >= 4 is 26.6 Å². The quantitative estimate of drug-likeness (QED) is 0.760. The fourth-order valence-corrected chi connectivity index (χ4v) is 3.80. The fourth-order valence-electron chi connectivity index (χ4n) is 2.26. The second-order valence-electron chi connectivity index (χ2n) is 4.73. The largest absolute Gasteiger partial charge is 0.384 e. The van der Waals surface area contributed by atoms with Crippen molar-refractivity contribution in [2.24, 2.45) is 0 Å². The molecule has 3 N–H and O–H groups in total. The predicted molar refractivity (Wildman–Crippen MR) is 79.3 cm³/mol. The van der Waals surface area contributed by atoms with Crippen molar-refractivity contribution in [3.8, 4) is 0 Å². The Kier molecular flexibility index (Phi) is 2.79. The number of fused-ring (bicyclic) bond motifs is 1. The Labute approximate surface area is 117 Å². The van der Waals surface area contributed by atoms with Gasteiger partial charge in [-0.3, -0.25) is 0 Å². The standard InChI is InChI=1S/C15H14N2O2S/c1-10-6-8-11(9-7-10)20(18,19)14-12-4-2-3-5-13(12)17-15(14)16/h2-9,17H,16H2,1H3. The summed E-state index contributed by atoms with van der Waals surface area (Å²) in [4.78, 5) is 3.31. The lowest BCUT2D eigenvalue weighted by molar-refractivity contribution is 0.597. The average Bonchev–Trinajstić information content (AvgIpc) is 2.75. The third kappa shape index (κ3) is 1.87. The molecule has 0 aliphatic carbocycles. The van der Waals surface area contributed by atoms with Crippen molar-refractivity contribution in [1.82, 2.24) is 4.98 Å². The van der Waals surface area contributed by atoms with Crippen LogP contribution in [0.3, 0.4) is 0 Å². The molecule has 0 saturated heterocycles. The van der Waals surface area contributed by atoms with Gasteiger partial charge in [-0.15, -0.1) is 0 Å². The van der Waals surface area contributed by atoms with Gasteiger partial charge in [-0.2, -0.15) is 0 Å². The zero-order chi connectivity index (χ0) is 14.3. The Morgan fingerprint density at radius 1 is 1.00 bits per heavy atom. The van der Waals surface area contributed by atoms with Gasteiger partial charge in [0.2, 0.25) is 9.84 Å². The van der Waals surface area contributed by atoms with Crippen LogP contribution in [0.1, 0.15) is 5.56 Å².